The lowest BCUT2D eigenvalue weighted by Crippen LogP contribution is -2.00. The van der Waals surface area contributed by atoms with Crippen LogP contribution in [0.5, 0.6) is 0 Å². The van der Waals surface area contributed by atoms with Gasteiger partial charge in [-0.2, -0.15) is 0 Å². The van der Waals surface area contributed by atoms with Gasteiger partial charge in [0.15, 0.2) is 5.16 Å². The second-order valence-electron chi connectivity index (χ2n) is 5.14. The van der Waals surface area contributed by atoms with E-state index in [-0.39, 0.29) is 16.3 Å². The molecule has 3 rings (SSSR count). The van der Waals surface area contributed by atoms with E-state index in [0.29, 0.717) is 5.16 Å². The van der Waals surface area contributed by atoms with Crippen LogP contribution in [-0.4, -0.2) is 19.8 Å². The molecule has 0 amide bonds. The Bertz CT molecular complexity index is 825. The van der Waals surface area contributed by atoms with E-state index in [1.807, 2.05) is 6.92 Å². The van der Waals surface area contributed by atoms with Gasteiger partial charge in [-0.25, -0.2) is 9.97 Å². The van der Waals surface area contributed by atoms with Gasteiger partial charge in [0.05, 0.1) is 20.8 Å². The molecule has 9 heteroatoms. The molecule has 118 valence electrons. The van der Waals surface area contributed by atoms with Crippen LogP contribution in [-0.2, 0) is 12.8 Å². The predicted molar refractivity (Wildman–Crippen MR) is 82.7 cm³/mol. The third-order valence-corrected chi connectivity index (χ3v) is 4.60. The highest BCUT2D eigenvalue weighted by Crippen LogP contribution is 2.36. The highest BCUT2D eigenvalue weighted by Gasteiger charge is 2.23. The van der Waals surface area contributed by atoms with Crippen LogP contribution in [0.1, 0.15) is 23.4 Å². The van der Waals surface area contributed by atoms with Crippen LogP contribution in [0.2, 0.25) is 0 Å². The van der Waals surface area contributed by atoms with Crippen LogP contribution in [0.15, 0.2) is 28.3 Å². The molecule has 1 aliphatic rings. The van der Waals surface area contributed by atoms with Gasteiger partial charge in [0.25, 0.3) is 11.4 Å². The molecule has 23 heavy (non-hydrogen) atoms. The normalized spacial score (nSPS) is 12.9. The largest absolute Gasteiger partial charge is 0.290 e. The maximum atomic E-state index is 11.2. The maximum absolute atomic E-state index is 11.2. The summed E-state index contributed by atoms with van der Waals surface area (Å²) < 4.78 is 0. The Labute approximate surface area is 135 Å². The van der Waals surface area contributed by atoms with Crippen molar-refractivity contribution in [2.75, 3.05) is 0 Å². The molecule has 1 heterocycles. The van der Waals surface area contributed by atoms with Crippen molar-refractivity contribution in [2.45, 2.75) is 36.2 Å². The Hall–Kier alpha value is -2.55. The molecule has 0 unspecified atom stereocenters. The molecule has 2 aromatic rings. The Morgan fingerprint density at radius 3 is 2.61 bits per heavy atom. The third-order valence-electron chi connectivity index (χ3n) is 3.67. The van der Waals surface area contributed by atoms with Crippen LogP contribution in [0, 0.1) is 27.2 Å². The zero-order chi connectivity index (χ0) is 16.6. The molecule has 0 saturated heterocycles. The van der Waals surface area contributed by atoms with E-state index in [1.54, 1.807) is 0 Å². The van der Waals surface area contributed by atoms with Crippen LogP contribution >= 0.6 is 11.8 Å². The van der Waals surface area contributed by atoms with E-state index in [0.717, 1.165) is 54.0 Å². The minimum atomic E-state index is -0.655. The Kier molecular flexibility index (Phi) is 3.95. The minimum absolute atomic E-state index is 0.290. The number of non-ortho nitro benzene ring substituents is 1. The lowest BCUT2D eigenvalue weighted by Gasteiger charge is -2.06. The monoisotopic (exact) mass is 332 g/mol. The van der Waals surface area contributed by atoms with Crippen molar-refractivity contribution >= 4 is 23.1 Å². The van der Waals surface area contributed by atoms with Crippen molar-refractivity contribution in [3.8, 4) is 0 Å². The molecule has 1 aromatic heterocycles. The lowest BCUT2D eigenvalue weighted by atomic mass is 10.2. The van der Waals surface area contributed by atoms with Crippen LogP contribution in [0.4, 0.5) is 11.4 Å². The zero-order valence-electron chi connectivity index (χ0n) is 12.2. The van der Waals surface area contributed by atoms with Gasteiger partial charge in [-0.05, 0) is 49.6 Å². The van der Waals surface area contributed by atoms with E-state index < -0.39 is 9.85 Å². The van der Waals surface area contributed by atoms with E-state index >= 15 is 0 Å². The van der Waals surface area contributed by atoms with Crippen molar-refractivity contribution in [2.24, 2.45) is 0 Å². The van der Waals surface area contributed by atoms with Crippen molar-refractivity contribution < 1.29 is 9.85 Å². The molecule has 0 atom stereocenters. The summed E-state index contributed by atoms with van der Waals surface area (Å²) in [5, 5.41) is 22.4. The minimum Gasteiger partial charge on any atom is -0.258 e. The lowest BCUT2D eigenvalue weighted by molar-refractivity contribution is -0.396. The second kappa shape index (κ2) is 5.92. The fourth-order valence-electron chi connectivity index (χ4n) is 2.58. The van der Waals surface area contributed by atoms with Gasteiger partial charge >= 0.3 is 0 Å². The number of aromatic nitrogens is 2. The first-order valence-electron chi connectivity index (χ1n) is 6.93. The number of hydrogen-bond acceptors (Lipinski definition) is 7. The number of rotatable bonds is 4. The Balaban J connectivity index is 1.98. The summed E-state index contributed by atoms with van der Waals surface area (Å²) >= 11 is 1.06. The average molecular weight is 332 g/mol. The van der Waals surface area contributed by atoms with E-state index in [4.69, 9.17) is 0 Å². The number of nitro benzene ring substituents is 2. The zero-order valence-corrected chi connectivity index (χ0v) is 13.0. The van der Waals surface area contributed by atoms with Gasteiger partial charge in [-0.15, -0.1) is 0 Å². The summed E-state index contributed by atoms with van der Waals surface area (Å²) in [6, 6.07) is 3.57. The Morgan fingerprint density at radius 1 is 1.13 bits per heavy atom. The summed E-state index contributed by atoms with van der Waals surface area (Å²) in [4.78, 5) is 29.8. The fraction of sp³-hybridized carbons (Fsp3) is 0.286. The van der Waals surface area contributed by atoms with E-state index in [9.17, 15) is 20.2 Å². The van der Waals surface area contributed by atoms with Crippen LogP contribution < -0.4 is 0 Å². The number of aryl methyl sites for hydroxylation is 2. The second-order valence-corrected chi connectivity index (χ2v) is 6.15. The first-order valence-corrected chi connectivity index (χ1v) is 7.74. The molecular weight excluding hydrogens is 320 g/mol. The molecule has 0 N–H and O–H groups in total. The van der Waals surface area contributed by atoms with Crippen molar-refractivity contribution in [3.63, 3.8) is 0 Å². The number of nitro groups is 2. The van der Waals surface area contributed by atoms with Crippen LogP contribution in [0.25, 0.3) is 0 Å². The first kappa shape index (κ1) is 15.3. The molecule has 0 spiro atoms. The Morgan fingerprint density at radius 2 is 1.91 bits per heavy atom. The van der Waals surface area contributed by atoms with Gasteiger partial charge in [0.2, 0.25) is 0 Å². The van der Waals surface area contributed by atoms with Gasteiger partial charge < -0.3 is 0 Å². The number of fused-ring (bicyclic) bond motifs is 1. The number of hydrogen-bond donors (Lipinski definition) is 0. The molecule has 1 aliphatic carbocycles. The first-order chi connectivity index (χ1) is 11.0. The molecule has 0 saturated carbocycles. The molecular formula is C14H12N4O4S. The summed E-state index contributed by atoms with van der Waals surface area (Å²) in [5.74, 6) is 0. The predicted octanol–water partition coefficient (Wildman–Crippen LogP) is 3.24. The maximum Gasteiger partial charge on any atom is 0.290 e. The summed E-state index contributed by atoms with van der Waals surface area (Å²) in [5.41, 5.74) is 2.41. The highest BCUT2D eigenvalue weighted by molar-refractivity contribution is 7.99. The summed E-state index contributed by atoms with van der Waals surface area (Å²) in [7, 11) is 0. The van der Waals surface area contributed by atoms with Crippen molar-refractivity contribution in [1.29, 1.82) is 0 Å². The van der Waals surface area contributed by atoms with E-state index in [1.165, 1.54) is 12.1 Å². The van der Waals surface area contributed by atoms with Crippen molar-refractivity contribution in [3.05, 3.63) is 55.4 Å². The summed E-state index contributed by atoms with van der Waals surface area (Å²) in [6.45, 7) is 1.90. The topological polar surface area (TPSA) is 112 Å². The quantitative estimate of drug-likeness (QED) is 0.480. The molecule has 0 fully saturated rings. The molecule has 8 nitrogen and oxygen atoms in total. The van der Waals surface area contributed by atoms with Gasteiger partial charge in [-0.1, -0.05) is 0 Å². The third kappa shape index (κ3) is 3.00. The van der Waals surface area contributed by atoms with Crippen molar-refractivity contribution in [1.82, 2.24) is 9.97 Å². The van der Waals surface area contributed by atoms with Crippen LogP contribution in [0.3, 0.4) is 0 Å². The van der Waals surface area contributed by atoms with Gasteiger partial charge in [0, 0.05) is 17.5 Å². The molecule has 1 aromatic carbocycles. The molecule has 0 radical (unpaired) electrons. The standard InChI is InChI=1S/C14H12N4O4S/c1-8-10-3-2-4-11(10)16-14(15-8)23-13-6-5-9(17(19)20)7-12(13)18(21)22/h5-7H,2-4H2,1H3. The van der Waals surface area contributed by atoms with E-state index in [2.05, 4.69) is 9.97 Å². The average Bonchev–Trinajstić information content (AvgIpc) is 2.96. The SMILES string of the molecule is Cc1nc(Sc2ccc([N+](=O)[O-])cc2[N+](=O)[O-])nc2c1CCC2. The highest BCUT2D eigenvalue weighted by atomic mass is 32.2. The number of benzene rings is 1. The molecule has 0 bridgehead atoms. The van der Waals surface area contributed by atoms with Gasteiger partial charge in [0.1, 0.15) is 0 Å². The molecule has 0 aliphatic heterocycles. The number of nitrogens with zero attached hydrogens (tertiary/aromatic N) is 4. The summed E-state index contributed by atoms with van der Waals surface area (Å²) in [6.07, 6.45) is 2.88. The fourth-order valence-corrected chi connectivity index (χ4v) is 3.49. The van der Waals surface area contributed by atoms with Gasteiger partial charge in [-0.3, -0.25) is 20.2 Å². The smallest absolute Gasteiger partial charge is 0.258 e.